The minimum atomic E-state index is 0. The molecule has 0 aliphatic rings. The zero-order valence-electron chi connectivity index (χ0n) is 13.2. The number of hydrogen-bond donors (Lipinski definition) is 2. The van der Waals surface area contributed by atoms with E-state index in [1.165, 1.54) is 15.4 Å². The molecule has 2 N–H and O–H groups in total. The Balaban J connectivity index is 0.00000242. The van der Waals surface area contributed by atoms with Crippen molar-refractivity contribution in [2.75, 3.05) is 13.1 Å². The lowest BCUT2D eigenvalue weighted by atomic mass is 10.3. The van der Waals surface area contributed by atoms with E-state index in [9.17, 15) is 0 Å². The van der Waals surface area contributed by atoms with Crippen molar-refractivity contribution in [3.63, 3.8) is 0 Å². The Kier molecular flexibility index (Phi) is 8.96. The van der Waals surface area contributed by atoms with Crippen molar-refractivity contribution in [1.82, 2.24) is 15.6 Å². The summed E-state index contributed by atoms with van der Waals surface area (Å²) in [5, 5.41) is 12.0. The van der Waals surface area contributed by atoms with E-state index in [1.807, 2.05) is 0 Å². The maximum absolute atomic E-state index is 4.59. The smallest absolute Gasteiger partial charge is 0.191 e. The van der Waals surface area contributed by atoms with Crippen molar-refractivity contribution < 1.29 is 0 Å². The monoisotopic (exact) mass is 450 g/mol. The van der Waals surface area contributed by atoms with Gasteiger partial charge in [0.2, 0.25) is 0 Å². The lowest BCUT2D eigenvalue weighted by Crippen LogP contribution is -2.38. The van der Waals surface area contributed by atoms with Crippen LogP contribution >= 0.6 is 46.7 Å². The second kappa shape index (κ2) is 10.2. The Hall–Kier alpha value is -0.670. The maximum atomic E-state index is 4.59. The van der Waals surface area contributed by atoms with E-state index < -0.39 is 0 Å². The molecule has 2 rings (SSSR count). The van der Waals surface area contributed by atoms with Gasteiger partial charge in [0.15, 0.2) is 5.96 Å². The summed E-state index contributed by atoms with van der Waals surface area (Å²) in [5.41, 5.74) is 2.40. The van der Waals surface area contributed by atoms with Crippen LogP contribution in [0, 0.1) is 13.8 Å². The first-order valence-electron chi connectivity index (χ1n) is 7.15. The molecule has 0 fully saturated rings. The molecule has 22 heavy (non-hydrogen) atoms. The Morgan fingerprint density at radius 3 is 2.73 bits per heavy atom. The van der Waals surface area contributed by atoms with Gasteiger partial charge in [0.25, 0.3) is 0 Å². The molecule has 2 heterocycles. The van der Waals surface area contributed by atoms with Gasteiger partial charge in [-0.2, -0.15) is 11.3 Å². The molecular weight excluding hydrogens is 427 g/mol. The highest BCUT2D eigenvalue weighted by atomic mass is 127. The molecule has 4 nitrogen and oxygen atoms in total. The molecule has 0 bridgehead atoms. The lowest BCUT2D eigenvalue weighted by Gasteiger charge is -2.10. The van der Waals surface area contributed by atoms with E-state index in [4.69, 9.17) is 0 Å². The largest absolute Gasteiger partial charge is 0.357 e. The molecule has 0 aliphatic carbocycles. The van der Waals surface area contributed by atoms with E-state index >= 15 is 0 Å². The topological polar surface area (TPSA) is 49.3 Å². The highest BCUT2D eigenvalue weighted by Crippen LogP contribution is 2.16. The van der Waals surface area contributed by atoms with Crippen LogP contribution in [0.15, 0.2) is 21.8 Å². The molecule has 2 aromatic heterocycles. The third kappa shape index (κ3) is 6.21. The van der Waals surface area contributed by atoms with Crippen molar-refractivity contribution in [1.29, 1.82) is 0 Å². The van der Waals surface area contributed by atoms with Gasteiger partial charge in [0.1, 0.15) is 0 Å². The Bertz CT molecular complexity index is 559. The van der Waals surface area contributed by atoms with Gasteiger partial charge in [-0.15, -0.1) is 35.3 Å². The molecule has 0 unspecified atom stereocenters. The van der Waals surface area contributed by atoms with Crippen molar-refractivity contribution in [3.8, 4) is 0 Å². The molecular formula is C15H23IN4S2. The number of aliphatic imine (C=N–C) groups is 1. The summed E-state index contributed by atoms with van der Waals surface area (Å²) < 4.78 is 0. The zero-order chi connectivity index (χ0) is 15.1. The van der Waals surface area contributed by atoms with Crippen molar-refractivity contribution in [2.45, 2.75) is 33.7 Å². The predicted molar refractivity (Wildman–Crippen MR) is 108 cm³/mol. The number of rotatable bonds is 6. The van der Waals surface area contributed by atoms with Crippen LogP contribution in [0.4, 0.5) is 0 Å². The van der Waals surface area contributed by atoms with E-state index in [0.29, 0.717) is 6.54 Å². The normalized spacial score (nSPS) is 11.1. The van der Waals surface area contributed by atoms with Gasteiger partial charge in [-0.25, -0.2) is 9.98 Å². The number of hydrogen-bond acceptors (Lipinski definition) is 4. The molecule has 122 valence electrons. The van der Waals surface area contributed by atoms with Gasteiger partial charge >= 0.3 is 0 Å². The van der Waals surface area contributed by atoms with Gasteiger partial charge in [-0.1, -0.05) is 0 Å². The van der Waals surface area contributed by atoms with E-state index in [0.717, 1.165) is 31.2 Å². The fraction of sp³-hybridized carbons (Fsp3) is 0.467. The molecule has 2 aromatic rings. The summed E-state index contributed by atoms with van der Waals surface area (Å²) >= 11 is 3.49. The van der Waals surface area contributed by atoms with Gasteiger partial charge < -0.3 is 10.6 Å². The summed E-state index contributed by atoms with van der Waals surface area (Å²) in [7, 11) is 0. The molecule has 0 saturated heterocycles. The summed E-state index contributed by atoms with van der Waals surface area (Å²) in [5.74, 6) is 0.869. The van der Waals surface area contributed by atoms with Crippen molar-refractivity contribution in [2.24, 2.45) is 4.99 Å². The Morgan fingerprint density at radius 1 is 1.32 bits per heavy atom. The first-order valence-corrected chi connectivity index (χ1v) is 8.91. The molecule has 0 saturated carbocycles. The van der Waals surface area contributed by atoms with Crippen LogP contribution in [0.1, 0.15) is 28.1 Å². The van der Waals surface area contributed by atoms with Crippen LogP contribution < -0.4 is 10.6 Å². The Labute approximate surface area is 157 Å². The highest BCUT2D eigenvalue weighted by Gasteiger charge is 2.04. The average Bonchev–Trinajstić information content (AvgIpc) is 3.07. The SMILES string of the molecule is CCNC(=NCc1ccsc1)NCCc1nc(C)c(C)s1.I. The Morgan fingerprint density at radius 2 is 2.14 bits per heavy atom. The van der Waals surface area contributed by atoms with Crippen LogP contribution in [-0.4, -0.2) is 24.0 Å². The summed E-state index contributed by atoms with van der Waals surface area (Å²) in [4.78, 5) is 10.5. The summed E-state index contributed by atoms with van der Waals surface area (Å²) in [6.07, 6.45) is 0.933. The minimum absolute atomic E-state index is 0. The maximum Gasteiger partial charge on any atom is 0.191 e. The molecule has 0 spiro atoms. The standard InChI is InChI=1S/C15H22N4S2.HI/c1-4-16-15(18-9-13-6-8-20-10-13)17-7-5-14-19-11(2)12(3)21-14;/h6,8,10H,4-5,7,9H2,1-3H3,(H2,16,17,18);1H. The molecule has 0 aromatic carbocycles. The van der Waals surface area contributed by atoms with E-state index in [1.54, 1.807) is 22.7 Å². The molecule has 0 atom stereocenters. The predicted octanol–water partition coefficient (Wildman–Crippen LogP) is 3.74. The minimum Gasteiger partial charge on any atom is -0.357 e. The van der Waals surface area contributed by atoms with Gasteiger partial charge in [-0.3, -0.25) is 0 Å². The van der Waals surface area contributed by atoms with Gasteiger partial charge in [-0.05, 0) is 43.2 Å². The number of nitrogens with one attached hydrogen (secondary N) is 2. The van der Waals surface area contributed by atoms with Crippen molar-refractivity contribution in [3.05, 3.63) is 38.0 Å². The third-order valence-corrected chi connectivity index (χ3v) is 4.91. The van der Waals surface area contributed by atoms with E-state index in [-0.39, 0.29) is 24.0 Å². The molecule has 0 amide bonds. The van der Waals surface area contributed by atoms with Gasteiger partial charge in [0, 0.05) is 24.4 Å². The molecule has 0 radical (unpaired) electrons. The first kappa shape index (κ1) is 19.4. The quantitative estimate of drug-likeness (QED) is 0.401. The number of aromatic nitrogens is 1. The number of guanidine groups is 1. The second-order valence-corrected chi connectivity index (χ2v) is 6.82. The van der Waals surface area contributed by atoms with Gasteiger partial charge in [0.05, 0.1) is 17.2 Å². The number of thiazole rings is 1. The highest BCUT2D eigenvalue weighted by molar-refractivity contribution is 14.0. The van der Waals surface area contributed by atoms with Crippen LogP contribution in [0.2, 0.25) is 0 Å². The lowest BCUT2D eigenvalue weighted by molar-refractivity contribution is 0.795. The average molecular weight is 450 g/mol. The number of aryl methyl sites for hydroxylation is 2. The zero-order valence-corrected chi connectivity index (χ0v) is 17.1. The van der Waals surface area contributed by atoms with E-state index in [2.05, 4.69) is 58.2 Å². The third-order valence-electron chi connectivity index (χ3n) is 3.05. The first-order chi connectivity index (χ1) is 10.2. The van der Waals surface area contributed by atoms with Crippen LogP contribution in [0.5, 0.6) is 0 Å². The summed E-state index contributed by atoms with van der Waals surface area (Å²) in [6.45, 7) is 8.70. The fourth-order valence-electron chi connectivity index (χ4n) is 1.83. The number of halogens is 1. The number of nitrogens with zero attached hydrogens (tertiary/aromatic N) is 2. The second-order valence-electron chi connectivity index (χ2n) is 4.75. The van der Waals surface area contributed by atoms with Crippen LogP contribution in [0.25, 0.3) is 0 Å². The van der Waals surface area contributed by atoms with Crippen molar-refractivity contribution >= 4 is 52.6 Å². The molecule has 0 aliphatic heterocycles. The fourth-order valence-corrected chi connectivity index (χ4v) is 3.42. The van der Waals surface area contributed by atoms with Crippen LogP contribution in [0.3, 0.4) is 0 Å². The molecule has 7 heteroatoms. The summed E-state index contributed by atoms with van der Waals surface area (Å²) in [6, 6.07) is 2.11. The van der Waals surface area contributed by atoms with Crippen LogP contribution in [-0.2, 0) is 13.0 Å². The number of thiophene rings is 1.